The molecule has 80 heavy (non-hydrogen) atoms. The van der Waals surface area contributed by atoms with Gasteiger partial charge in [0.05, 0.1) is 25.9 Å². The second-order valence-corrected chi connectivity index (χ2v) is 31.3. The average molecular weight is 1150 g/mol. The lowest BCUT2D eigenvalue weighted by Gasteiger charge is -2.42. The molecule has 14 heteroatoms. The van der Waals surface area contributed by atoms with Crippen molar-refractivity contribution in [2.45, 2.75) is 256 Å². The summed E-state index contributed by atoms with van der Waals surface area (Å²) in [5, 5.41) is 0. The number of hydrogen-bond acceptors (Lipinski definition) is 12. The van der Waals surface area contributed by atoms with E-state index in [0.717, 1.165) is 38.4 Å². The number of morpholine rings is 1. The summed E-state index contributed by atoms with van der Waals surface area (Å²) in [4.78, 5) is 30.9. The van der Waals surface area contributed by atoms with Crippen LogP contribution in [0.15, 0.2) is 31.2 Å². The molecule has 0 radical (unpaired) electrons. The van der Waals surface area contributed by atoms with Gasteiger partial charge in [-0.3, -0.25) is 29.4 Å². The molecule has 7 aliphatic rings. The molecule has 0 aliphatic carbocycles. The first-order valence-corrected chi connectivity index (χ1v) is 33.1. The third-order valence-electron chi connectivity index (χ3n) is 16.0. The number of aromatic amines is 1. The van der Waals surface area contributed by atoms with E-state index in [1.165, 1.54) is 147 Å². The van der Waals surface area contributed by atoms with Crippen LogP contribution in [0.5, 0.6) is 0 Å². The Balaban J connectivity index is 0.000000451. The van der Waals surface area contributed by atoms with Crippen LogP contribution in [0.4, 0.5) is 0 Å². The van der Waals surface area contributed by atoms with Crippen molar-refractivity contribution in [1.29, 1.82) is 0 Å². The van der Waals surface area contributed by atoms with E-state index in [4.69, 9.17) is 4.74 Å². The minimum absolute atomic E-state index is 0.177. The van der Waals surface area contributed by atoms with Crippen molar-refractivity contribution in [3.63, 3.8) is 0 Å². The number of aromatic nitrogens is 4. The normalized spacial score (nSPS) is 20.6. The highest BCUT2D eigenvalue weighted by Crippen LogP contribution is 2.23. The molecule has 9 rings (SSSR count). The topological polar surface area (TPSA) is 81.4 Å². The molecule has 9 heterocycles. The molecule has 0 unspecified atom stereocenters. The summed E-state index contributed by atoms with van der Waals surface area (Å²) in [6.45, 7) is 75.9. The van der Waals surface area contributed by atoms with Gasteiger partial charge in [0.15, 0.2) is 0 Å². The molecule has 0 bridgehead atoms. The van der Waals surface area contributed by atoms with Gasteiger partial charge in [0.2, 0.25) is 0 Å². The minimum Gasteiger partial charge on any atom is -0.379 e. The highest BCUT2D eigenvalue weighted by molar-refractivity contribution is 7.99. The van der Waals surface area contributed by atoms with Crippen molar-refractivity contribution in [2.75, 3.05) is 136 Å². The molecule has 2 aromatic rings. The SMILES string of the molecule is CC(C)(C)N1CC1.CC(C)(C)N1CCC1.CC(C)(C)N1CCCCC1.CC(C)(C)N1CCSCC1.CC(C)(C)c1cnc[nH]1.CC(C)(C)n1ccnc1.CC(C)N1CCCC1.CC(C)N1CCN(C)CC1.CC(C)N1CCOCC1. The number of imidazole rings is 2. The Morgan fingerprint density at radius 3 is 1.06 bits per heavy atom. The molecule has 13 nitrogen and oxygen atoms in total. The highest BCUT2D eigenvalue weighted by atomic mass is 32.2. The second-order valence-electron chi connectivity index (χ2n) is 30.0. The first kappa shape index (κ1) is 76.4. The summed E-state index contributed by atoms with van der Waals surface area (Å²) in [6.07, 6.45) is 17.6. The van der Waals surface area contributed by atoms with E-state index in [-0.39, 0.29) is 11.0 Å². The van der Waals surface area contributed by atoms with E-state index >= 15 is 0 Å². The number of likely N-dealkylation sites (tertiary alicyclic amines) is 3. The number of thioether (sulfide) groups is 1. The van der Waals surface area contributed by atoms with E-state index in [0.29, 0.717) is 28.2 Å². The molecule has 2 aromatic heterocycles. The van der Waals surface area contributed by atoms with E-state index in [9.17, 15) is 0 Å². The van der Waals surface area contributed by atoms with Crippen molar-refractivity contribution in [1.82, 2.24) is 58.7 Å². The molecule has 472 valence electrons. The van der Waals surface area contributed by atoms with Crippen molar-refractivity contribution >= 4 is 11.8 Å². The van der Waals surface area contributed by atoms with Crippen molar-refractivity contribution in [3.8, 4) is 0 Å². The summed E-state index contributed by atoms with van der Waals surface area (Å²) in [5.74, 6) is 2.63. The average Bonchev–Trinajstić information content (AvgIpc) is 3.74. The number of nitrogens with zero attached hydrogens (tertiary/aromatic N) is 11. The number of piperazine rings is 1. The molecular formula is C66H136N12OS. The Labute approximate surface area is 502 Å². The van der Waals surface area contributed by atoms with Crippen molar-refractivity contribution in [3.05, 3.63) is 36.9 Å². The fourth-order valence-electron chi connectivity index (χ4n) is 9.52. The van der Waals surface area contributed by atoms with E-state index in [2.05, 4.69) is 244 Å². The monoisotopic (exact) mass is 1150 g/mol. The standard InChI is InChI=1S/C9H19N.C8H18N2.C8H17NS.2C7H12N2.C7H15NO.2C7H15N.C6H13N/c1-9(2,3)10-7-5-4-6-8-10;1-8(2)10-6-4-9(3)5-7-10;1-8(2,3)9-4-6-10-7-5-9;1-7(2,3)6-4-8-5-9-6;1-7(2,3)9-5-4-8-6-9;1-7(2)8-3-5-9-6-4-8;1-7(2,3)8-5-4-6-8;1-7(2)8-5-3-4-6-8;1-6(2,3)7-4-5-7/h4-8H2,1-3H3;8H,4-7H2,1-3H3;4-7H2,1-3H3;4-5H,1-3H3,(H,8,9);4-6H,1-3H3;7H,3-6H2,1-2H3;4-6H2,1-3H3;7H,3-6H2,1-2H3;4-5H2,1-3H3. The van der Waals surface area contributed by atoms with Crippen LogP contribution in [0.25, 0.3) is 0 Å². The molecule has 7 aliphatic heterocycles. The van der Waals surface area contributed by atoms with Gasteiger partial charge in [-0.2, -0.15) is 11.8 Å². The minimum atomic E-state index is 0.177. The Bertz CT molecular complexity index is 1650. The summed E-state index contributed by atoms with van der Waals surface area (Å²) >= 11 is 2.07. The Morgan fingerprint density at radius 2 is 0.825 bits per heavy atom. The third-order valence-corrected chi connectivity index (χ3v) is 16.9. The zero-order valence-corrected chi connectivity index (χ0v) is 58.6. The van der Waals surface area contributed by atoms with Gasteiger partial charge in [-0.15, -0.1) is 0 Å². The predicted octanol–water partition coefficient (Wildman–Crippen LogP) is 12.9. The maximum Gasteiger partial charge on any atom is 0.0950 e. The fraction of sp³-hybridized carbons (Fsp3) is 0.909. The van der Waals surface area contributed by atoms with Crippen LogP contribution in [0.1, 0.15) is 210 Å². The van der Waals surface area contributed by atoms with Crippen LogP contribution in [0, 0.1) is 0 Å². The van der Waals surface area contributed by atoms with Gasteiger partial charge >= 0.3 is 0 Å². The summed E-state index contributed by atoms with van der Waals surface area (Å²) < 4.78 is 7.28. The number of hydrogen-bond donors (Lipinski definition) is 1. The quantitative estimate of drug-likeness (QED) is 0.297. The van der Waals surface area contributed by atoms with Gasteiger partial charge in [0, 0.05) is 152 Å². The third kappa shape index (κ3) is 35.6. The van der Waals surface area contributed by atoms with Crippen molar-refractivity contribution < 1.29 is 4.74 Å². The number of likely N-dealkylation sites (N-methyl/N-ethyl adjacent to an activating group) is 1. The number of H-pyrrole nitrogens is 1. The van der Waals surface area contributed by atoms with Crippen LogP contribution < -0.4 is 0 Å². The van der Waals surface area contributed by atoms with Crippen LogP contribution in [-0.2, 0) is 15.7 Å². The smallest absolute Gasteiger partial charge is 0.0950 e. The van der Waals surface area contributed by atoms with E-state index < -0.39 is 0 Å². The summed E-state index contributed by atoms with van der Waals surface area (Å²) in [6, 6.07) is 2.19. The fourth-order valence-corrected chi connectivity index (χ4v) is 10.4. The maximum absolute atomic E-state index is 5.21. The Morgan fingerprint density at radius 1 is 0.438 bits per heavy atom. The maximum atomic E-state index is 5.21. The number of piperidine rings is 1. The lowest BCUT2D eigenvalue weighted by Crippen LogP contribution is -2.49. The first-order valence-electron chi connectivity index (χ1n) is 32.0. The van der Waals surface area contributed by atoms with E-state index in [1.807, 2.05) is 18.7 Å². The summed E-state index contributed by atoms with van der Waals surface area (Å²) in [5.41, 5.74) is 3.23. The molecule has 0 aromatic carbocycles. The van der Waals surface area contributed by atoms with Gasteiger partial charge in [0.1, 0.15) is 0 Å². The highest BCUT2D eigenvalue weighted by Gasteiger charge is 2.30. The molecule has 1 N–H and O–H groups in total. The van der Waals surface area contributed by atoms with E-state index in [1.54, 1.807) is 12.5 Å². The second kappa shape index (κ2) is 37.8. The largest absolute Gasteiger partial charge is 0.379 e. The van der Waals surface area contributed by atoms with Gasteiger partial charge in [0.25, 0.3) is 0 Å². The Hall–Kier alpha value is -1.59. The summed E-state index contributed by atoms with van der Waals surface area (Å²) in [7, 11) is 2.19. The Kier molecular flexibility index (Phi) is 36.1. The molecule has 7 saturated heterocycles. The van der Waals surface area contributed by atoms with Gasteiger partial charge in [-0.25, -0.2) is 9.97 Å². The zero-order valence-electron chi connectivity index (χ0n) is 57.7. The predicted molar refractivity (Wildman–Crippen MR) is 353 cm³/mol. The first-order chi connectivity index (χ1) is 36.9. The molecular weight excluding hydrogens is 1010 g/mol. The van der Waals surface area contributed by atoms with Gasteiger partial charge in [-0.1, -0.05) is 27.2 Å². The number of rotatable bonds is 3. The van der Waals surface area contributed by atoms with Crippen molar-refractivity contribution in [2.24, 2.45) is 0 Å². The lowest BCUT2D eigenvalue weighted by molar-refractivity contribution is 0.0238. The lowest BCUT2D eigenvalue weighted by atomic mass is 9.93. The molecule has 0 amide bonds. The van der Waals surface area contributed by atoms with Crippen LogP contribution >= 0.6 is 11.8 Å². The van der Waals surface area contributed by atoms with Crippen LogP contribution in [0.3, 0.4) is 0 Å². The zero-order chi connectivity index (χ0) is 61.0. The molecule has 0 spiro atoms. The van der Waals surface area contributed by atoms with Crippen LogP contribution in [0.2, 0.25) is 0 Å². The van der Waals surface area contributed by atoms with Gasteiger partial charge in [-0.05, 0) is 224 Å². The number of nitrogens with one attached hydrogen (secondary N) is 1. The van der Waals surface area contributed by atoms with Crippen LogP contribution in [-0.4, -0.2) is 235 Å². The number of ether oxygens (including phenoxy) is 1. The molecule has 7 fully saturated rings. The molecule has 0 saturated carbocycles. The molecule has 0 atom stereocenters. The van der Waals surface area contributed by atoms with Gasteiger partial charge < -0.3 is 24.1 Å².